The lowest BCUT2D eigenvalue weighted by Gasteiger charge is -2.15. The van der Waals surface area contributed by atoms with Crippen molar-refractivity contribution in [1.82, 2.24) is 0 Å². The second-order valence-corrected chi connectivity index (χ2v) is 7.99. The summed E-state index contributed by atoms with van der Waals surface area (Å²) in [6, 6.07) is 7.04. The highest BCUT2D eigenvalue weighted by Crippen LogP contribution is 2.42. The number of halogens is 1. The highest BCUT2D eigenvalue weighted by Gasteiger charge is 2.31. The minimum absolute atomic E-state index is 0.0689. The van der Waals surface area contributed by atoms with Gasteiger partial charge in [0, 0.05) is 22.6 Å². The molecule has 1 aliphatic heterocycles. The van der Waals surface area contributed by atoms with Gasteiger partial charge in [-0.3, -0.25) is 0 Å². The van der Waals surface area contributed by atoms with Gasteiger partial charge in [0.05, 0.1) is 7.11 Å². The number of allylic oxidation sites excluding steroid dienone is 2. The maximum absolute atomic E-state index is 12.0. The molecule has 1 N–H and O–H groups in total. The van der Waals surface area contributed by atoms with Crippen LogP contribution in [0, 0.1) is 6.92 Å². The zero-order chi connectivity index (χ0) is 21.8. The first-order chi connectivity index (χ1) is 14.3. The lowest BCUT2D eigenvalue weighted by atomic mass is 9.94. The average Bonchev–Trinajstić information content (AvgIpc) is 3.11. The molecule has 2 aromatic carbocycles. The van der Waals surface area contributed by atoms with Crippen molar-refractivity contribution in [3.8, 4) is 17.2 Å². The lowest BCUT2D eigenvalue weighted by molar-refractivity contribution is 0.0533. The predicted molar refractivity (Wildman–Crippen MR) is 120 cm³/mol. The number of ether oxygens (including phenoxy) is 3. The van der Waals surface area contributed by atoms with Gasteiger partial charge in [0.1, 0.15) is 29.4 Å². The van der Waals surface area contributed by atoms with Crippen LogP contribution >= 0.6 is 23.8 Å². The number of carbonyl (C=O) groups excluding carboxylic acids is 1. The molecule has 0 spiro atoms. The number of aromatic hydroxyl groups is 1. The molecule has 0 bridgehead atoms. The third-order valence-corrected chi connectivity index (χ3v) is 5.61. The topological polar surface area (TPSA) is 65.0 Å². The zero-order valence-electron chi connectivity index (χ0n) is 17.1. The van der Waals surface area contributed by atoms with Gasteiger partial charge in [-0.15, -0.1) is 0 Å². The van der Waals surface area contributed by atoms with Gasteiger partial charge < -0.3 is 19.3 Å². The van der Waals surface area contributed by atoms with Crippen molar-refractivity contribution in [2.75, 3.05) is 7.11 Å². The van der Waals surface area contributed by atoms with Crippen LogP contribution in [0.1, 0.15) is 46.8 Å². The van der Waals surface area contributed by atoms with Crippen LogP contribution in [0.5, 0.6) is 17.2 Å². The Bertz CT molecular complexity index is 1010. The second-order valence-electron chi connectivity index (χ2n) is 7.10. The minimum Gasteiger partial charge on any atom is -0.507 e. The molecule has 5 nitrogen and oxygen atoms in total. The SMILES string of the molecule is COc1c(C)c2c(c(O)c1C/C=C(\C)CCC(=S)Oc1ccc(Cl)cc1)C(=O)OC2. The Morgan fingerprint density at radius 3 is 2.67 bits per heavy atom. The van der Waals surface area contributed by atoms with E-state index in [1.54, 1.807) is 31.4 Å². The molecule has 0 atom stereocenters. The van der Waals surface area contributed by atoms with Crippen LogP contribution in [-0.4, -0.2) is 23.2 Å². The Morgan fingerprint density at radius 1 is 1.30 bits per heavy atom. The van der Waals surface area contributed by atoms with Gasteiger partial charge >= 0.3 is 5.97 Å². The number of methoxy groups -OCH3 is 1. The molecule has 0 amide bonds. The lowest BCUT2D eigenvalue weighted by Crippen LogP contribution is -2.05. The molecule has 0 aromatic heterocycles. The first-order valence-corrected chi connectivity index (χ1v) is 10.3. The van der Waals surface area contributed by atoms with Crippen molar-refractivity contribution >= 4 is 34.8 Å². The largest absolute Gasteiger partial charge is 0.507 e. The highest BCUT2D eigenvalue weighted by atomic mass is 35.5. The summed E-state index contributed by atoms with van der Waals surface area (Å²) >= 11 is 11.2. The first-order valence-electron chi connectivity index (χ1n) is 9.52. The molecular formula is C23H23ClO5S. The number of carbonyl (C=O) groups is 1. The van der Waals surface area contributed by atoms with E-state index in [0.29, 0.717) is 52.0 Å². The second kappa shape index (κ2) is 9.49. The quantitative estimate of drug-likeness (QED) is 0.334. The fraction of sp³-hybridized carbons (Fsp3) is 0.304. The molecule has 0 aliphatic carbocycles. The van der Waals surface area contributed by atoms with E-state index in [0.717, 1.165) is 11.1 Å². The van der Waals surface area contributed by atoms with E-state index in [-0.39, 0.29) is 17.9 Å². The van der Waals surface area contributed by atoms with Crippen LogP contribution in [0.3, 0.4) is 0 Å². The van der Waals surface area contributed by atoms with E-state index >= 15 is 0 Å². The number of hydrogen-bond donors (Lipinski definition) is 1. The number of thiocarbonyl (C=S) groups is 1. The molecule has 0 unspecified atom stereocenters. The average molecular weight is 447 g/mol. The number of benzene rings is 2. The maximum Gasteiger partial charge on any atom is 0.342 e. The van der Waals surface area contributed by atoms with Crippen molar-refractivity contribution < 1.29 is 24.1 Å². The summed E-state index contributed by atoms with van der Waals surface area (Å²) in [5, 5.41) is 11.8. The van der Waals surface area contributed by atoms with Crippen molar-refractivity contribution in [2.24, 2.45) is 0 Å². The highest BCUT2D eigenvalue weighted by molar-refractivity contribution is 7.80. The molecule has 2 aromatic rings. The smallest absolute Gasteiger partial charge is 0.342 e. The fourth-order valence-electron chi connectivity index (χ4n) is 3.39. The summed E-state index contributed by atoms with van der Waals surface area (Å²) in [7, 11) is 1.55. The number of fused-ring (bicyclic) bond motifs is 1. The van der Waals surface area contributed by atoms with E-state index in [4.69, 9.17) is 38.0 Å². The van der Waals surface area contributed by atoms with E-state index in [2.05, 4.69) is 0 Å². The summed E-state index contributed by atoms with van der Waals surface area (Å²) in [5.41, 5.74) is 3.40. The fourth-order valence-corrected chi connectivity index (χ4v) is 3.72. The third kappa shape index (κ3) is 4.77. The summed E-state index contributed by atoms with van der Waals surface area (Å²) in [4.78, 5) is 12.0. The molecule has 1 heterocycles. The van der Waals surface area contributed by atoms with E-state index in [1.807, 2.05) is 19.9 Å². The Morgan fingerprint density at radius 2 is 2.00 bits per heavy atom. The number of esters is 1. The van der Waals surface area contributed by atoms with E-state index in [9.17, 15) is 9.90 Å². The summed E-state index contributed by atoms with van der Waals surface area (Å²) in [6.07, 6.45) is 3.71. The van der Waals surface area contributed by atoms with Crippen LogP contribution in [0.15, 0.2) is 35.9 Å². The van der Waals surface area contributed by atoms with Crippen molar-refractivity contribution in [3.63, 3.8) is 0 Å². The Hall–Kier alpha value is -2.57. The van der Waals surface area contributed by atoms with Crippen LogP contribution in [0.4, 0.5) is 0 Å². The third-order valence-electron chi connectivity index (χ3n) is 5.07. The molecule has 0 radical (unpaired) electrons. The number of phenols is 1. The normalized spacial score (nSPS) is 13.1. The van der Waals surface area contributed by atoms with Crippen molar-refractivity contribution in [3.05, 3.63) is 63.2 Å². The zero-order valence-corrected chi connectivity index (χ0v) is 18.7. The van der Waals surface area contributed by atoms with Crippen LogP contribution in [0.2, 0.25) is 5.02 Å². The number of phenolic OH excluding ortho intramolecular Hbond substituents is 1. The maximum atomic E-state index is 12.0. The predicted octanol–water partition coefficient (Wildman–Crippen LogP) is 5.71. The van der Waals surface area contributed by atoms with Crippen molar-refractivity contribution in [1.29, 1.82) is 0 Å². The number of rotatable bonds is 7. The van der Waals surface area contributed by atoms with Gasteiger partial charge in [-0.2, -0.15) is 0 Å². The van der Waals surface area contributed by atoms with Gasteiger partial charge in [0.2, 0.25) is 0 Å². The van der Waals surface area contributed by atoms with Crippen LogP contribution in [0.25, 0.3) is 0 Å². The Kier molecular flexibility index (Phi) is 7.00. The molecule has 1 aliphatic rings. The van der Waals surface area contributed by atoms with Gasteiger partial charge in [-0.1, -0.05) is 23.3 Å². The molecule has 0 fully saturated rings. The standard InChI is InChI=1S/C23H23ClO5S/c1-13(5-11-19(30)29-16-8-6-15(24)7-9-16)4-10-17-21(25)20-18(12-28-23(20)26)14(2)22(17)27-3/h4,6-9,25H,5,10-12H2,1-3H3/b13-4+. The van der Waals surface area contributed by atoms with Crippen LogP contribution in [-0.2, 0) is 17.8 Å². The molecular weight excluding hydrogens is 424 g/mol. The molecule has 158 valence electrons. The molecule has 7 heteroatoms. The summed E-state index contributed by atoms with van der Waals surface area (Å²) < 4.78 is 16.2. The van der Waals surface area contributed by atoms with Crippen molar-refractivity contribution in [2.45, 2.75) is 39.7 Å². The number of cyclic esters (lactones) is 1. The summed E-state index contributed by atoms with van der Waals surface area (Å²) in [5.74, 6) is 0.664. The van der Waals surface area contributed by atoms with E-state index < -0.39 is 5.97 Å². The molecule has 3 rings (SSSR count). The van der Waals surface area contributed by atoms with Gasteiger partial charge in [-0.25, -0.2) is 4.79 Å². The number of hydrogen-bond acceptors (Lipinski definition) is 6. The van der Waals surface area contributed by atoms with E-state index in [1.165, 1.54) is 0 Å². The van der Waals surface area contributed by atoms with Crippen LogP contribution < -0.4 is 9.47 Å². The van der Waals surface area contributed by atoms with Gasteiger partial charge in [0.15, 0.2) is 5.05 Å². The molecule has 30 heavy (non-hydrogen) atoms. The molecule has 0 saturated carbocycles. The summed E-state index contributed by atoms with van der Waals surface area (Å²) in [6.45, 7) is 4.01. The minimum atomic E-state index is -0.500. The van der Waals surface area contributed by atoms with Gasteiger partial charge in [-0.05, 0) is 68.7 Å². The monoisotopic (exact) mass is 446 g/mol. The Balaban J connectivity index is 1.67. The Labute approximate surface area is 186 Å². The van der Waals surface area contributed by atoms with Gasteiger partial charge in [0.25, 0.3) is 0 Å². The molecule has 0 saturated heterocycles. The first kappa shape index (κ1) is 22.1.